The van der Waals surface area contributed by atoms with Crippen molar-refractivity contribution in [1.82, 2.24) is 4.90 Å². The zero-order valence-electron chi connectivity index (χ0n) is 11.4. The highest BCUT2D eigenvalue weighted by Crippen LogP contribution is 2.49. The maximum atomic E-state index is 10.9. The number of benzene rings is 1. The Kier molecular flexibility index (Phi) is 3.13. The molecule has 0 aromatic heterocycles. The molecule has 2 aliphatic heterocycles. The van der Waals surface area contributed by atoms with E-state index in [1.54, 1.807) is 7.11 Å². The average molecular weight is 280 g/mol. The molecule has 0 fully saturated rings. The van der Waals surface area contributed by atoms with Crippen molar-refractivity contribution in [3.63, 3.8) is 0 Å². The third-order valence-electron chi connectivity index (χ3n) is 3.87. The van der Waals surface area contributed by atoms with Crippen LogP contribution in [-0.4, -0.2) is 43.9 Å². The quantitative estimate of drug-likeness (QED) is 0.612. The maximum Gasteiger partial charge on any atom is 0.231 e. The molecular weight excluding hydrogens is 264 g/mol. The minimum Gasteiger partial charge on any atom is -0.492 e. The van der Waals surface area contributed by atoms with Crippen LogP contribution >= 0.6 is 0 Å². The van der Waals surface area contributed by atoms with Gasteiger partial charge in [0.15, 0.2) is 11.5 Å². The van der Waals surface area contributed by atoms with Crippen molar-refractivity contribution in [2.75, 3.05) is 34.0 Å². The smallest absolute Gasteiger partial charge is 0.231 e. The fourth-order valence-corrected chi connectivity index (χ4v) is 2.90. The lowest BCUT2D eigenvalue weighted by Gasteiger charge is -2.33. The molecule has 0 aliphatic carbocycles. The molecular formula is C13H16N2O5. The molecule has 0 spiro atoms. The molecule has 1 aromatic rings. The van der Waals surface area contributed by atoms with Gasteiger partial charge in [0.1, 0.15) is 6.04 Å². The van der Waals surface area contributed by atoms with E-state index < -0.39 is 0 Å². The van der Waals surface area contributed by atoms with Gasteiger partial charge < -0.3 is 14.2 Å². The van der Waals surface area contributed by atoms with Gasteiger partial charge in [-0.2, -0.15) is 0 Å². The SMILES string of the molecule is COc1c2c(cc3c1[C@@H](C[N+](=O)[O-])N(C)CC3)OCO2. The van der Waals surface area contributed by atoms with Crippen molar-refractivity contribution in [2.24, 2.45) is 0 Å². The molecule has 3 rings (SSSR count). The van der Waals surface area contributed by atoms with Crippen molar-refractivity contribution in [2.45, 2.75) is 12.5 Å². The Bertz CT molecular complexity index is 560. The van der Waals surface area contributed by atoms with E-state index in [1.807, 2.05) is 18.0 Å². The Labute approximate surface area is 116 Å². The number of likely N-dealkylation sites (N-methyl/N-ethyl adjacent to an activating group) is 1. The first kappa shape index (κ1) is 13.0. The molecule has 1 aromatic carbocycles. The first-order chi connectivity index (χ1) is 9.61. The summed E-state index contributed by atoms with van der Waals surface area (Å²) < 4.78 is 16.3. The van der Waals surface area contributed by atoms with Gasteiger partial charge in [0.05, 0.1) is 7.11 Å². The van der Waals surface area contributed by atoms with Crippen LogP contribution in [0.25, 0.3) is 0 Å². The van der Waals surface area contributed by atoms with Gasteiger partial charge in [-0.1, -0.05) is 0 Å². The highest BCUT2D eigenvalue weighted by Gasteiger charge is 2.36. The molecule has 20 heavy (non-hydrogen) atoms. The van der Waals surface area contributed by atoms with Crippen molar-refractivity contribution >= 4 is 0 Å². The molecule has 7 nitrogen and oxygen atoms in total. The lowest BCUT2D eigenvalue weighted by molar-refractivity contribution is -0.488. The number of ether oxygens (including phenoxy) is 3. The Morgan fingerprint density at radius 1 is 1.55 bits per heavy atom. The van der Waals surface area contributed by atoms with Gasteiger partial charge >= 0.3 is 0 Å². The van der Waals surface area contributed by atoms with Crippen LogP contribution in [0.15, 0.2) is 6.07 Å². The van der Waals surface area contributed by atoms with E-state index in [1.165, 1.54) is 0 Å². The summed E-state index contributed by atoms with van der Waals surface area (Å²) in [5.41, 5.74) is 1.89. The van der Waals surface area contributed by atoms with Crippen molar-refractivity contribution in [3.05, 3.63) is 27.3 Å². The predicted octanol–water partition coefficient (Wildman–Crippen LogP) is 1.23. The Morgan fingerprint density at radius 2 is 2.35 bits per heavy atom. The van der Waals surface area contributed by atoms with Crippen LogP contribution < -0.4 is 14.2 Å². The second-order valence-corrected chi connectivity index (χ2v) is 4.98. The second kappa shape index (κ2) is 4.82. The summed E-state index contributed by atoms with van der Waals surface area (Å²) >= 11 is 0. The Morgan fingerprint density at radius 3 is 3.05 bits per heavy atom. The minimum atomic E-state index is -0.307. The van der Waals surface area contributed by atoms with Crippen molar-refractivity contribution in [1.29, 1.82) is 0 Å². The van der Waals surface area contributed by atoms with Gasteiger partial charge in [0.25, 0.3) is 0 Å². The number of hydrogen-bond donors (Lipinski definition) is 0. The molecule has 0 saturated carbocycles. The van der Waals surface area contributed by atoms with Crippen molar-refractivity contribution < 1.29 is 19.1 Å². The summed E-state index contributed by atoms with van der Waals surface area (Å²) in [6, 6.07) is 1.61. The molecule has 1 atom stereocenters. The highest BCUT2D eigenvalue weighted by molar-refractivity contribution is 5.61. The normalized spacial score (nSPS) is 20.6. The summed E-state index contributed by atoms with van der Waals surface area (Å²) in [6.07, 6.45) is 0.813. The van der Waals surface area contributed by atoms with Crippen LogP contribution in [0.2, 0.25) is 0 Å². The number of nitro groups is 1. The van der Waals surface area contributed by atoms with E-state index in [0.717, 1.165) is 24.1 Å². The monoisotopic (exact) mass is 280 g/mol. The number of hydrogen-bond acceptors (Lipinski definition) is 6. The summed E-state index contributed by atoms with van der Waals surface area (Å²) in [5, 5.41) is 10.9. The molecule has 0 amide bonds. The molecule has 0 N–H and O–H groups in total. The topological polar surface area (TPSA) is 74.1 Å². The third-order valence-corrected chi connectivity index (χ3v) is 3.87. The standard InChI is InChI=1S/C13H16N2O5/c1-14-4-3-8-5-10-12(20-7-19-10)13(18-2)11(8)9(14)6-15(16)17/h5,9H,3-4,6-7H2,1-2H3/t9-/m1/s1. The molecule has 2 heterocycles. The average Bonchev–Trinajstić information content (AvgIpc) is 2.87. The summed E-state index contributed by atoms with van der Waals surface area (Å²) in [6.45, 7) is 0.776. The van der Waals surface area contributed by atoms with E-state index in [2.05, 4.69) is 0 Å². The van der Waals surface area contributed by atoms with E-state index in [9.17, 15) is 10.1 Å². The maximum absolute atomic E-state index is 10.9. The Hall–Kier alpha value is -2.02. The fourth-order valence-electron chi connectivity index (χ4n) is 2.90. The van der Waals surface area contributed by atoms with E-state index in [-0.39, 0.29) is 24.3 Å². The first-order valence-corrected chi connectivity index (χ1v) is 6.43. The fraction of sp³-hybridized carbons (Fsp3) is 0.538. The van der Waals surface area contributed by atoms with E-state index in [0.29, 0.717) is 17.2 Å². The number of methoxy groups -OCH3 is 1. The molecule has 0 saturated heterocycles. The molecule has 108 valence electrons. The van der Waals surface area contributed by atoms with Gasteiger partial charge in [-0.05, 0) is 25.1 Å². The zero-order chi connectivity index (χ0) is 14.3. The van der Waals surface area contributed by atoms with Crippen LogP contribution in [0.5, 0.6) is 17.2 Å². The summed E-state index contributed by atoms with van der Waals surface area (Å²) in [5.74, 6) is 1.77. The van der Waals surface area contributed by atoms with Crippen LogP contribution in [0.4, 0.5) is 0 Å². The van der Waals surface area contributed by atoms with Gasteiger partial charge in [0, 0.05) is 17.0 Å². The van der Waals surface area contributed by atoms with Gasteiger partial charge in [-0.3, -0.25) is 15.0 Å². The minimum absolute atomic E-state index is 0.153. The van der Waals surface area contributed by atoms with E-state index >= 15 is 0 Å². The van der Waals surface area contributed by atoms with Gasteiger partial charge in [-0.15, -0.1) is 0 Å². The summed E-state index contributed by atoms with van der Waals surface area (Å²) in [7, 11) is 3.44. The van der Waals surface area contributed by atoms with Crippen LogP contribution in [0.3, 0.4) is 0 Å². The third kappa shape index (κ3) is 1.94. The molecule has 0 unspecified atom stereocenters. The molecule has 2 aliphatic rings. The molecule has 0 bridgehead atoms. The molecule has 7 heteroatoms. The van der Waals surface area contributed by atoms with Gasteiger partial charge in [0.2, 0.25) is 19.1 Å². The number of nitrogens with zero attached hydrogens (tertiary/aromatic N) is 2. The largest absolute Gasteiger partial charge is 0.492 e. The lowest BCUT2D eigenvalue weighted by atomic mass is 9.91. The molecule has 0 radical (unpaired) electrons. The van der Waals surface area contributed by atoms with Crippen molar-refractivity contribution in [3.8, 4) is 17.2 Å². The van der Waals surface area contributed by atoms with Crippen LogP contribution in [0.1, 0.15) is 17.2 Å². The van der Waals surface area contributed by atoms with Gasteiger partial charge in [-0.25, -0.2) is 0 Å². The van der Waals surface area contributed by atoms with Crippen LogP contribution in [0, 0.1) is 10.1 Å². The predicted molar refractivity (Wildman–Crippen MR) is 70.1 cm³/mol. The highest BCUT2D eigenvalue weighted by atomic mass is 16.7. The second-order valence-electron chi connectivity index (χ2n) is 4.98. The summed E-state index contributed by atoms with van der Waals surface area (Å²) in [4.78, 5) is 12.6. The lowest BCUT2D eigenvalue weighted by Crippen LogP contribution is -2.36. The zero-order valence-corrected chi connectivity index (χ0v) is 11.4. The van der Waals surface area contributed by atoms with Crippen LogP contribution in [-0.2, 0) is 6.42 Å². The first-order valence-electron chi connectivity index (χ1n) is 6.43. The number of rotatable bonds is 3. The Balaban J connectivity index is 2.14. The van der Waals surface area contributed by atoms with E-state index in [4.69, 9.17) is 14.2 Å². The number of fused-ring (bicyclic) bond motifs is 2.